The number of phosphoric acid groups is 1. The second kappa shape index (κ2) is 11.5. The Hall–Kier alpha value is -2.69. The van der Waals surface area contributed by atoms with Crippen molar-refractivity contribution in [3.63, 3.8) is 0 Å². The number of para-hydroxylation sites is 2. The van der Waals surface area contributed by atoms with Crippen molar-refractivity contribution in [2.24, 2.45) is 0 Å². The highest BCUT2D eigenvalue weighted by molar-refractivity contribution is 7.49. The fourth-order valence-corrected chi connectivity index (χ4v) is 4.04. The Morgan fingerprint density at radius 2 is 1.40 bits per heavy atom. The molecule has 6 nitrogen and oxygen atoms in total. The van der Waals surface area contributed by atoms with E-state index in [4.69, 9.17) is 13.6 Å². The van der Waals surface area contributed by atoms with Gasteiger partial charge in [0.1, 0.15) is 0 Å². The number of rotatable bonds is 13. The summed E-state index contributed by atoms with van der Waals surface area (Å²) < 4.78 is 30.0. The molecule has 0 fully saturated rings. The van der Waals surface area contributed by atoms with Crippen LogP contribution >= 0.6 is 7.82 Å². The molecule has 0 unspecified atom stereocenters. The van der Waals surface area contributed by atoms with Gasteiger partial charge < -0.3 is 19.3 Å². The smallest absolute Gasteiger partial charge is 0.504 e. The third kappa shape index (κ3) is 6.41. The topological polar surface area (TPSA) is 85.2 Å². The zero-order chi connectivity index (χ0) is 22.0. The summed E-state index contributed by atoms with van der Waals surface area (Å²) in [7, 11) is -4.21. The highest BCUT2D eigenvalue weighted by Gasteiger charge is 2.33. The minimum atomic E-state index is -4.21. The van der Waals surface area contributed by atoms with Gasteiger partial charge in [-0.3, -0.25) is 4.52 Å². The fraction of sp³-hybridized carbons (Fsp3) is 0.304. The molecule has 2 aromatic carbocycles. The van der Waals surface area contributed by atoms with E-state index in [2.05, 4.69) is 13.2 Å². The molecule has 0 amide bonds. The van der Waals surface area contributed by atoms with Gasteiger partial charge in [0.2, 0.25) is 0 Å². The van der Waals surface area contributed by atoms with Crippen molar-refractivity contribution in [3.05, 3.63) is 72.8 Å². The van der Waals surface area contributed by atoms with Crippen LogP contribution in [0.5, 0.6) is 23.0 Å². The number of hydrogen-bond donors (Lipinski definition) is 2. The van der Waals surface area contributed by atoms with Gasteiger partial charge >= 0.3 is 7.82 Å². The molecule has 30 heavy (non-hydrogen) atoms. The van der Waals surface area contributed by atoms with Crippen LogP contribution in [0.15, 0.2) is 61.7 Å². The highest BCUT2D eigenvalue weighted by Crippen LogP contribution is 2.53. The number of unbranched alkanes of at least 4 members (excludes halogenated alkanes) is 2. The summed E-state index contributed by atoms with van der Waals surface area (Å²) >= 11 is 0. The molecule has 2 aromatic rings. The van der Waals surface area contributed by atoms with Gasteiger partial charge in [-0.2, -0.15) is 0 Å². The molecule has 2 rings (SSSR count). The van der Waals surface area contributed by atoms with E-state index in [1.807, 2.05) is 6.92 Å². The Kier molecular flexibility index (Phi) is 9.03. The zero-order valence-corrected chi connectivity index (χ0v) is 18.1. The first kappa shape index (κ1) is 23.6. The van der Waals surface area contributed by atoms with E-state index in [9.17, 15) is 14.8 Å². The molecule has 0 spiro atoms. The second-order valence-corrected chi connectivity index (χ2v) is 8.20. The summed E-state index contributed by atoms with van der Waals surface area (Å²) in [6.45, 7) is 9.50. The summed E-state index contributed by atoms with van der Waals surface area (Å²) in [6, 6.07) is 9.70. The molecule has 0 saturated carbocycles. The largest absolute Gasteiger partial charge is 0.587 e. The molecule has 0 aromatic heterocycles. The number of benzene rings is 2. The lowest BCUT2D eigenvalue weighted by Gasteiger charge is -2.21. The number of hydrogen-bond acceptors (Lipinski definition) is 6. The number of allylic oxidation sites excluding steroid dienone is 2. The first-order chi connectivity index (χ1) is 14.4. The predicted octanol–water partition coefficient (Wildman–Crippen LogP) is 6.33. The van der Waals surface area contributed by atoms with Crippen molar-refractivity contribution in [1.82, 2.24) is 0 Å². The summed E-state index contributed by atoms with van der Waals surface area (Å²) in [6.07, 6.45) is 6.62. The van der Waals surface area contributed by atoms with Gasteiger partial charge in [-0.1, -0.05) is 56.2 Å². The molecule has 0 aliphatic rings. The quantitative estimate of drug-likeness (QED) is 0.219. The van der Waals surface area contributed by atoms with Crippen molar-refractivity contribution >= 4 is 7.82 Å². The number of phosphoric ester groups is 1. The van der Waals surface area contributed by atoms with Crippen LogP contribution in [0, 0.1) is 0 Å². The third-order valence-corrected chi connectivity index (χ3v) is 5.65. The van der Waals surface area contributed by atoms with E-state index < -0.39 is 7.82 Å². The minimum absolute atomic E-state index is 0.0325. The standard InChI is InChI=1S/C23H29O6P/c1-4-7-8-17-27-30(26,28-20-15-9-13-18(11-5-2)22(20)24)29-21-16-10-14-19(12-6-3)23(21)25/h5-6,9-10,13-16,24-25H,2-4,7-8,11-12,17H2,1H3. The summed E-state index contributed by atoms with van der Waals surface area (Å²) in [5.74, 6) is -0.393. The minimum Gasteiger partial charge on any atom is -0.504 e. The molecule has 162 valence electrons. The Morgan fingerprint density at radius 3 is 1.83 bits per heavy atom. The molecule has 0 heterocycles. The molecule has 0 saturated heterocycles. The van der Waals surface area contributed by atoms with Gasteiger partial charge in [-0.05, 0) is 31.4 Å². The molecule has 2 N–H and O–H groups in total. The van der Waals surface area contributed by atoms with Gasteiger partial charge in [0, 0.05) is 11.1 Å². The lowest BCUT2D eigenvalue weighted by atomic mass is 10.1. The summed E-state index contributed by atoms with van der Waals surface area (Å²) in [4.78, 5) is 0. The van der Waals surface area contributed by atoms with Gasteiger partial charge in [-0.25, -0.2) is 4.57 Å². The Morgan fingerprint density at radius 1 is 0.900 bits per heavy atom. The third-order valence-electron chi connectivity index (χ3n) is 4.31. The van der Waals surface area contributed by atoms with Crippen LogP contribution in [0.25, 0.3) is 0 Å². The van der Waals surface area contributed by atoms with E-state index in [1.165, 1.54) is 12.1 Å². The van der Waals surface area contributed by atoms with Crippen molar-refractivity contribution in [2.75, 3.05) is 6.61 Å². The van der Waals surface area contributed by atoms with Crippen LogP contribution in [-0.2, 0) is 21.9 Å². The monoisotopic (exact) mass is 432 g/mol. The zero-order valence-electron chi connectivity index (χ0n) is 17.3. The van der Waals surface area contributed by atoms with Crippen LogP contribution in [0.1, 0.15) is 37.3 Å². The second-order valence-electron chi connectivity index (χ2n) is 6.68. The van der Waals surface area contributed by atoms with Crippen LogP contribution in [0.2, 0.25) is 0 Å². The maximum atomic E-state index is 13.4. The lowest BCUT2D eigenvalue weighted by molar-refractivity contribution is 0.201. The average molecular weight is 432 g/mol. The van der Waals surface area contributed by atoms with Gasteiger partial charge in [0.25, 0.3) is 0 Å². The maximum absolute atomic E-state index is 13.4. The van der Waals surface area contributed by atoms with Crippen molar-refractivity contribution in [2.45, 2.75) is 39.0 Å². The Labute approximate surface area is 178 Å². The first-order valence-electron chi connectivity index (χ1n) is 9.91. The fourth-order valence-electron chi connectivity index (χ4n) is 2.76. The number of aromatic hydroxyl groups is 2. The molecular formula is C23H29O6P. The lowest BCUT2D eigenvalue weighted by Crippen LogP contribution is -2.07. The number of phenols is 2. The molecule has 0 aliphatic heterocycles. The molecule has 0 bridgehead atoms. The normalized spacial score (nSPS) is 11.1. The molecule has 7 heteroatoms. The van der Waals surface area contributed by atoms with E-state index in [1.54, 1.807) is 36.4 Å². The predicted molar refractivity (Wildman–Crippen MR) is 118 cm³/mol. The van der Waals surface area contributed by atoms with Gasteiger partial charge in [0.05, 0.1) is 6.61 Å². The number of phenolic OH excluding ortho intramolecular Hbond substituents is 2. The van der Waals surface area contributed by atoms with Gasteiger partial charge in [0.15, 0.2) is 23.0 Å². The van der Waals surface area contributed by atoms with Crippen molar-refractivity contribution in [3.8, 4) is 23.0 Å². The van der Waals surface area contributed by atoms with Crippen molar-refractivity contribution < 1.29 is 28.3 Å². The summed E-state index contributed by atoms with van der Waals surface area (Å²) in [5, 5.41) is 20.9. The maximum Gasteiger partial charge on any atom is 0.587 e. The van der Waals surface area contributed by atoms with E-state index in [-0.39, 0.29) is 29.6 Å². The first-order valence-corrected chi connectivity index (χ1v) is 11.4. The van der Waals surface area contributed by atoms with Crippen LogP contribution in [-0.4, -0.2) is 16.8 Å². The van der Waals surface area contributed by atoms with E-state index in [0.29, 0.717) is 30.4 Å². The summed E-state index contributed by atoms with van der Waals surface area (Å²) in [5.41, 5.74) is 1.13. The van der Waals surface area contributed by atoms with Crippen LogP contribution < -0.4 is 9.05 Å². The average Bonchev–Trinajstić information content (AvgIpc) is 2.72. The molecule has 0 atom stereocenters. The van der Waals surface area contributed by atoms with E-state index in [0.717, 1.165) is 12.8 Å². The highest BCUT2D eigenvalue weighted by atomic mass is 31.2. The molecular weight excluding hydrogens is 403 g/mol. The van der Waals surface area contributed by atoms with Crippen LogP contribution in [0.3, 0.4) is 0 Å². The SMILES string of the molecule is C=CCc1cccc(OP(=O)(OCCCCC)Oc2cccc(CC=C)c2O)c1O. The molecule has 0 aliphatic carbocycles. The van der Waals surface area contributed by atoms with Gasteiger partial charge in [-0.15, -0.1) is 13.2 Å². The van der Waals surface area contributed by atoms with E-state index >= 15 is 0 Å². The van der Waals surface area contributed by atoms with Crippen LogP contribution in [0.4, 0.5) is 0 Å². The Balaban J connectivity index is 2.33. The Bertz CT molecular complexity index is 843. The molecule has 0 radical (unpaired) electrons. The van der Waals surface area contributed by atoms with Crippen molar-refractivity contribution in [1.29, 1.82) is 0 Å².